The third kappa shape index (κ3) is 6.50. The topological polar surface area (TPSA) is 76.0 Å². The molecule has 2 N–H and O–H groups in total. The highest BCUT2D eigenvalue weighted by molar-refractivity contribution is 7.99. The second kappa shape index (κ2) is 11.5. The van der Waals surface area contributed by atoms with Gasteiger partial charge in [-0.25, -0.2) is 4.98 Å². The van der Waals surface area contributed by atoms with E-state index < -0.39 is 0 Å². The molecule has 34 heavy (non-hydrogen) atoms. The molecule has 0 radical (unpaired) electrons. The molecule has 1 heterocycles. The number of benzene rings is 3. The number of imidazole rings is 1. The molecule has 6 nitrogen and oxygen atoms in total. The van der Waals surface area contributed by atoms with Crippen LogP contribution in [-0.2, 0) is 17.9 Å². The number of nitrogens with zero attached hydrogens (tertiary/aromatic N) is 2. The summed E-state index contributed by atoms with van der Waals surface area (Å²) in [4.78, 5) is 29.1. The van der Waals surface area contributed by atoms with Crippen LogP contribution in [0, 0.1) is 0 Å². The highest BCUT2D eigenvalue weighted by Crippen LogP contribution is 2.21. The summed E-state index contributed by atoms with van der Waals surface area (Å²) in [7, 11) is 0. The smallest absolute Gasteiger partial charge is 0.251 e. The van der Waals surface area contributed by atoms with Gasteiger partial charge in [-0.15, -0.1) is 0 Å². The average molecular weight is 491 g/mol. The van der Waals surface area contributed by atoms with Crippen LogP contribution in [0.1, 0.15) is 21.5 Å². The van der Waals surface area contributed by atoms with Gasteiger partial charge in [0.15, 0.2) is 5.16 Å². The van der Waals surface area contributed by atoms with Crippen molar-refractivity contribution in [3.05, 3.63) is 113 Å². The van der Waals surface area contributed by atoms with E-state index in [-0.39, 0.29) is 17.6 Å². The van der Waals surface area contributed by atoms with Crippen molar-refractivity contribution in [1.82, 2.24) is 20.2 Å². The average Bonchev–Trinajstić information content (AvgIpc) is 3.35. The fourth-order valence-electron chi connectivity index (χ4n) is 3.23. The highest BCUT2D eigenvalue weighted by atomic mass is 35.5. The van der Waals surface area contributed by atoms with Gasteiger partial charge in [0.25, 0.3) is 5.91 Å². The normalized spacial score (nSPS) is 10.6. The van der Waals surface area contributed by atoms with Crippen LogP contribution < -0.4 is 10.6 Å². The third-order valence-corrected chi connectivity index (χ3v) is 6.26. The molecule has 0 fully saturated rings. The zero-order chi connectivity index (χ0) is 23.8. The molecule has 1 aromatic heterocycles. The first-order chi connectivity index (χ1) is 16.6. The lowest BCUT2D eigenvalue weighted by molar-refractivity contribution is -0.118. The number of thioether (sulfide) groups is 1. The number of carbonyl (C=O) groups excluding carboxylic acids is 2. The summed E-state index contributed by atoms with van der Waals surface area (Å²) in [6.07, 6.45) is 3.52. The Bertz CT molecular complexity index is 1240. The van der Waals surface area contributed by atoms with Crippen LogP contribution in [0.25, 0.3) is 5.69 Å². The number of aromatic nitrogens is 2. The van der Waals surface area contributed by atoms with E-state index in [1.54, 1.807) is 30.5 Å². The van der Waals surface area contributed by atoms with E-state index >= 15 is 0 Å². The van der Waals surface area contributed by atoms with Crippen LogP contribution in [-0.4, -0.2) is 27.1 Å². The zero-order valence-corrected chi connectivity index (χ0v) is 19.9. The van der Waals surface area contributed by atoms with Gasteiger partial charge in [-0.3, -0.25) is 14.2 Å². The van der Waals surface area contributed by atoms with Crippen LogP contribution in [0.3, 0.4) is 0 Å². The number of rotatable bonds is 9. The molecule has 0 aliphatic heterocycles. The number of amides is 2. The first kappa shape index (κ1) is 23.6. The Morgan fingerprint density at radius 3 is 2.26 bits per heavy atom. The van der Waals surface area contributed by atoms with Crippen molar-refractivity contribution in [2.45, 2.75) is 18.2 Å². The van der Waals surface area contributed by atoms with Crippen LogP contribution in [0.4, 0.5) is 0 Å². The Labute approximate surface area is 207 Å². The summed E-state index contributed by atoms with van der Waals surface area (Å²) in [6, 6.07) is 24.4. The van der Waals surface area contributed by atoms with Crippen molar-refractivity contribution in [2.75, 3.05) is 5.75 Å². The third-order valence-electron chi connectivity index (χ3n) is 5.05. The van der Waals surface area contributed by atoms with Crippen LogP contribution in [0.5, 0.6) is 0 Å². The zero-order valence-electron chi connectivity index (χ0n) is 18.3. The number of halogens is 1. The monoisotopic (exact) mass is 490 g/mol. The summed E-state index contributed by atoms with van der Waals surface area (Å²) in [6.45, 7) is 0.919. The Morgan fingerprint density at radius 1 is 0.853 bits per heavy atom. The molecule has 0 unspecified atom stereocenters. The fraction of sp³-hybridized carbons (Fsp3) is 0.115. The van der Waals surface area contributed by atoms with E-state index in [1.165, 1.54) is 11.8 Å². The molecular weight excluding hydrogens is 468 g/mol. The van der Waals surface area contributed by atoms with Crippen LogP contribution in [0.15, 0.2) is 96.4 Å². The van der Waals surface area contributed by atoms with E-state index in [0.29, 0.717) is 28.8 Å². The molecule has 0 aliphatic rings. The number of carbonyl (C=O) groups is 2. The Kier molecular flexibility index (Phi) is 8.01. The minimum Gasteiger partial charge on any atom is -0.351 e. The minimum atomic E-state index is -0.131. The number of hydrogen-bond donors (Lipinski definition) is 2. The molecule has 4 rings (SSSR count). The number of nitrogens with one attached hydrogen (secondary N) is 2. The molecule has 0 aliphatic carbocycles. The molecule has 172 valence electrons. The lowest BCUT2D eigenvalue weighted by Gasteiger charge is -2.10. The highest BCUT2D eigenvalue weighted by Gasteiger charge is 2.11. The fourth-order valence-corrected chi connectivity index (χ4v) is 4.16. The first-order valence-corrected chi connectivity index (χ1v) is 12.0. The molecule has 0 bridgehead atoms. The molecule has 0 saturated heterocycles. The summed E-state index contributed by atoms with van der Waals surface area (Å²) in [5.41, 5.74) is 3.47. The second-order valence-electron chi connectivity index (χ2n) is 7.49. The molecule has 0 spiro atoms. The molecule has 2 amide bonds. The van der Waals surface area contributed by atoms with E-state index in [1.807, 2.05) is 65.4 Å². The number of hydrogen-bond acceptors (Lipinski definition) is 4. The van der Waals surface area contributed by atoms with Gasteiger partial charge >= 0.3 is 0 Å². The summed E-state index contributed by atoms with van der Waals surface area (Å²) in [5.74, 6) is 0.0258. The van der Waals surface area contributed by atoms with Gasteiger partial charge < -0.3 is 10.6 Å². The molecule has 3 aromatic carbocycles. The van der Waals surface area contributed by atoms with Crippen molar-refractivity contribution in [2.24, 2.45) is 0 Å². The van der Waals surface area contributed by atoms with Crippen LogP contribution in [0.2, 0.25) is 5.02 Å². The van der Waals surface area contributed by atoms with Gasteiger partial charge in [0.1, 0.15) is 0 Å². The lowest BCUT2D eigenvalue weighted by atomic mass is 10.1. The maximum absolute atomic E-state index is 12.5. The van der Waals surface area contributed by atoms with Crippen LogP contribution >= 0.6 is 23.4 Å². The van der Waals surface area contributed by atoms with Gasteiger partial charge in [-0.1, -0.05) is 65.8 Å². The van der Waals surface area contributed by atoms with Gasteiger partial charge in [-0.2, -0.15) is 0 Å². The molecular formula is C26H23ClN4O2S. The quantitative estimate of drug-likeness (QED) is 0.328. The maximum Gasteiger partial charge on any atom is 0.251 e. The predicted octanol–water partition coefficient (Wildman–Crippen LogP) is 4.86. The lowest BCUT2D eigenvalue weighted by Crippen LogP contribution is -2.24. The molecule has 0 atom stereocenters. The van der Waals surface area contributed by atoms with Gasteiger partial charge in [0, 0.05) is 41.8 Å². The Morgan fingerprint density at radius 2 is 1.53 bits per heavy atom. The molecule has 4 aromatic rings. The van der Waals surface area contributed by atoms with Gasteiger partial charge in [-0.05, 0) is 47.5 Å². The van der Waals surface area contributed by atoms with Crippen molar-refractivity contribution in [1.29, 1.82) is 0 Å². The summed E-state index contributed by atoms with van der Waals surface area (Å²) in [5, 5.41) is 7.19. The minimum absolute atomic E-state index is 0.0834. The molecule has 8 heteroatoms. The SMILES string of the molecule is O=C(CSc1nccn1-c1ccc(C(=O)NCc2ccccc2)cc1)NCc1ccc(Cl)cc1. The van der Waals surface area contributed by atoms with E-state index in [0.717, 1.165) is 16.8 Å². The Hall–Kier alpha value is -3.55. The van der Waals surface area contributed by atoms with Crippen molar-refractivity contribution in [3.63, 3.8) is 0 Å². The largest absolute Gasteiger partial charge is 0.351 e. The van der Waals surface area contributed by atoms with E-state index in [9.17, 15) is 9.59 Å². The first-order valence-electron chi connectivity index (χ1n) is 10.7. The van der Waals surface area contributed by atoms with Gasteiger partial charge in [0.05, 0.1) is 5.75 Å². The second-order valence-corrected chi connectivity index (χ2v) is 8.87. The Balaban J connectivity index is 1.30. The summed E-state index contributed by atoms with van der Waals surface area (Å²) >= 11 is 7.24. The van der Waals surface area contributed by atoms with Crippen molar-refractivity contribution in [3.8, 4) is 5.69 Å². The van der Waals surface area contributed by atoms with Crippen molar-refractivity contribution >= 4 is 35.2 Å². The van der Waals surface area contributed by atoms with E-state index in [4.69, 9.17) is 11.6 Å². The van der Waals surface area contributed by atoms with Crippen molar-refractivity contribution < 1.29 is 9.59 Å². The maximum atomic E-state index is 12.5. The molecule has 0 saturated carbocycles. The summed E-state index contributed by atoms with van der Waals surface area (Å²) < 4.78 is 1.89. The van der Waals surface area contributed by atoms with Gasteiger partial charge in [0.2, 0.25) is 5.91 Å². The standard InChI is InChI=1S/C26H23ClN4O2S/c27-22-10-6-20(7-11-22)16-29-24(32)18-34-26-28-14-15-31(26)23-12-8-21(9-13-23)25(33)30-17-19-4-2-1-3-5-19/h1-15H,16-18H2,(H,29,32)(H,30,33). The predicted molar refractivity (Wildman–Crippen MR) is 135 cm³/mol. The van der Waals surface area contributed by atoms with E-state index in [2.05, 4.69) is 15.6 Å².